The lowest BCUT2D eigenvalue weighted by atomic mass is 9.98. The van der Waals surface area contributed by atoms with Crippen molar-refractivity contribution in [2.24, 2.45) is 0 Å². The first-order chi connectivity index (χ1) is 13.7. The van der Waals surface area contributed by atoms with Gasteiger partial charge in [-0.1, -0.05) is 0 Å². The van der Waals surface area contributed by atoms with Crippen LogP contribution in [0.15, 0.2) is 0 Å². The Balaban J connectivity index is 2.01. The molecule has 2 aliphatic rings. The van der Waals surface area contributed by atoms with E-state index in [1.165, 1.54) is 0 Å². The van der Waals surface area contributed by atoms with E-state index in [2.05, 4.69) is 5.92 Å². The summed E-state index contributed by atoms with van der Waals surface area (Å²) in [5, 5.41) is 68.9. The number of aliphatic hydroxyl groups excluding tert-OH is 7. The van der Waals surface area contributed by atoms with Crippen molar-refractivity contribution < 1.29 is 59.5 Å². The lowest BCUT2D eigenvalue weighted by Crippen LogP contribution is -2.63. The third kappa shape index (κ3) is 5.62. The molecule has 0 aliphatic carbocycles. The van der Waals surface area contributed by atoms with Crippen molar-refractivity contribution in [3.05, 3.63) is 0 Å². The van der Waals surface area contributed by atoms with E-state index in [1.807, 2.05) is 0 Å². The summed E-state index contributed by atoms with van der Waals surface area (Å²) in [5.41, 5.74) is 0. The van der Waals surface area contributed by atoms with Gasteiger partial charge in [0.15, 0.2) is 12.6 Å². The summed E-state index contributed by atoms with van der Waals surface area (Å²) in [6.45, 7) is -1.18. The van der Waals surface area contributed by atoms with Gasteiger partial charge in [-0.25, -0.2) is 0 Å². The zero-order valence-corrected chi connectivity index (χ0v) is 15.4. The van der Waals surface area contributed by atoms with E-state index in [9.17, 15) is 40.5 Å². The Kier molecular flexibility index (Phi) is 8.73. The molecule has 10 atom stereocenters. The molecular weight excluding hydrogens is 396 g/mol. The van der Waals surface area contributed by atoms with Crippen LogP contribution in [0.1, 0.15) is 12.8 Å². The van der Waals surface area contributed by atoms with E-state index >= 15 is 0 Å². The van der Waals surface area contributed by atoms with Crippen LogP contribution < -0.4 is 0 Å². The van der Waals surface area contributed by atoms with Crippen LogP contribution in [0.5, 0.6) is 0 Å². The molecule has 12 heteroatoms. The van der Waals surface area contributed by atoms with E-state index in [4.69, 9.17) is 25.4 Å². The van der Waals surface area contributed by atoms with Crippen LogP contribution in [0.3, 0.4) is 0 Å². The Morgan fingerprint density at radius 3 is 1.90 bits per heavy atom. The van der Waals surface area contributed by atoms with Gasteiger partial charge in [-0.15, -0.1) is 12.3 Å². The van der Waals surface area contributed by atoms with E-state index < -0.39 is 80.6 Å². The summed E-state index contributed by atoms with van der Waals surface area (Å²) in [6.07, 6.45) is -11.0. The van der Waals surface area contributed by atoms with Crippen molar-refractivity contribution >= 4 is 5.97 Å². The molecule has 0 aromatic rings. The number of terminal acetylenes is 1. The van der Waals surface area contributed by atoms with Crippen LogP contribution in [0.4, 0.5) is 0 Å². The number of hydrogen-bond donors (Lipinski definition) is 7. The molecule has 2 rings (SSSR count). The van der Waals surface area contributed by atoms with Gasteiger partial charge in [-0.2, -0.15) is 0 Å². The molecule has 0 amide bonds. The molecule has 166 valence electrons. The van der Waals surface area contributed by atoms with Crippen LogP contribution in [-0.2, 0) is 23.7 Å². The number of hydrogen-bond acceptors (Lipinski definition) is 12. The van der Waals surface area contributed by atoms with Crippen molar-refractivity contribution in [1.29, 1.82) is 0 Å². The lowest BCUT2D eigenvalue weighted by molar-refractivity contribution is -0.376. The lowest BCUT2D eigenvalue weighted by Gasteiger charge is -2.44. The average molecular weight is 422 g/mol. The van der Waals surface area contributed by atoms with Gasteiger partial charge < -0.3 is 54.7 Å². The second-order valence-electron chi connectivity index (χ2n) is 6.74. The van der Waals surface area contributed by atoms with Crippen molar-refractivity contribution in [3.8, 4) is 12.3 Å². The van der Waals surface area contributed by atoms with Crippen LogP contribution in [0.2, 0.25) is 0 Å². The molecular formula is C17H26O12. The van der Waals surface area contributed by atoms with Crippen molar-refractivity contribution in [1.82, 2.24) is 0 Å². The predicted octanol–water partition coefficient (Wildman–Crippen LogP) is -4.43. The molecule has 2 fully saturated rings. The van der Waals surface area contributed by atoms with Gasteiger partial charge in [-0.3, -0.25) is 4.79 Å². The van der Waals surface area contributed by atoms with E-state index in [-0.39, 0.29) is 12.8 Å². The quantitative estimate of drug-likeness (QED) is 0.154. The van der Waals surface area contributed by atoms with Crippen LogP contribution in [0, 0.1) is 12.3 Å². The maximum absolute atomic E-state index is 11.5. The van der Waals surface area contributed by atoms with Gasteiger partial charge >= 0.3 is 5.97 Å². The Labute approximate surface area is 166 Å². The smallest absolute Gasteiger partial charge is 0.306 e. The van der Waals surface area contributed by atoms with Crippen molar-refractivity contribution in [3.63, 3.8) is 0 Å². The van der Waals surface area contributed by atoms with E-state index in [1.54, 1.807) is 0 Å². The van der Waals surface area contributed by atoms with Crippen LogP contribution in [0.25, 0.3) is 0 Å². The first-order valence-corrected chi connectivity index (χ1v) is 8.96. The molecule has 2 heterocycles. The predicted molar refractivity (Wildman–Crippen MR) is 90.6 cm³/mol. The highest BCUT2D eigenvalue weighted by atomic mass is 16.8. The van der Waals surface area contributed by atoms with Crippen LogP contribution in [-0.4, -0.2) is 116 Å². The Morgan fingerprint density at radius 1 is 0.862 bits per heavy atom. The summed E-state index contributed by atoms with van der Waals surface area (Å²) in [6, 6.07) is 0. The number of esters is 1. The first-order valence-electron chi connectivity index (χ1n) is 8.96. The third-order valence-electron chi connectivity index (χ3n) is 4.67. The average Bonchev–Trinajstić information content (AvgIpc) is 2.71. The number of carbonyl (C=O) groups is 1. The summed E-state index contributed by atoms with van der Waals surface area (Å²) in [5.74, 6) is 1.60. The second-order valence-corrected chi connectivity index (χ2v) is 6.74. The minimum atomic E-state index is -1.79. The van der Waals surface area contributed by atoms with E-state index in [0.29, 0.717) is 0 Å². The van der Waals surface area contributed by atoms with E-state index in [0.717, 1.165) is 0 Å². The first kappa shape index (κ1) is 23.9. The molecule has 0 bridgehead atoms. The molecule has 7 N–H and O–H groups in total. The highest BCUT2D eigenvalue weighted by molar-refractivity contribution is 5.69. The third-order valence-corrected chi connectivity index (χ3v) is 4.67. The number of carbonyl (C=O) groups excluding carboxylic acids is 1. The number of aliphatic hydroxyl groups is 7. The second kappa shape index (κ2) is 10.6. The molecule has 2 saturated heterocycles. The molecule has 0 aromatic carbocycles. The molecule has 12 nitrogen and oxygen atoms in total. The normalized spacial score (nSPS) is 42.8. The van der Waals surface area contributed by atoms with Crippen molar-refractivity contribution in [2.75, 3.05) is 13.2 Å². The van der Waals surface area contributed by atoms with Gasteiger partial charge in [0.1, 0.15) is 55.4 Å². The summed E-state index contributed by atoms with van der Waals surface area (Å²) in [7, 11) is 0. The highest BCUT2D eigenvalue weighted by Gasteiger charge is 2.49. The number of rotatable bonds is 7. The molecule has 29 heavy (non-hydrogen) atoms. The van der Waals surface area contributed by atoms with Gasteiger partial charge in [0.2, 0.25) is 0 Å². The maximum Gasteiger partial charge on any atom is 0.306 e. The Morgan fingerprint density at radius 2 is 1.38 bits per heavy atom. The zero-order valence-electron chi connectivity index (χ0n) is 15.4. The molecule has 0 radical (unpaired) electrons. The monoisotopic (exact) mass is 422 g/mol. The SMILES string of the molecule is C#CCCC(=O)OCC1OC(OC2OC(CO)C(O)C(O)C2O)C(O)C(O)C1O. The minimum Gasteiger partial charge on any atom is -0.463 e. The Hall–Kier alpha value is -1.37. The molecule has 0 saturated carbocycles. The maximum atomic E-state index is 11.5. The zero-order chi connectivity index (χ0) is 21.7. The van der Waals surface area contributed by atoms with Crippen molar-refractivity contribution in [2.45, 2.75) is 74.3 Å². The molecule has 10 unspecified atom stereocenters. The summed E-state index contributed by atoms with van der Waals surface area (Å²) in [4.78, 5) is 11.5. The van der Waals surface area contributed by atoms with Crippen LogP contribution >= 0.6 is 0 Å². The minimum absolute atomic E-state index is 0.0602. The Bertz CT molecular complexity index is 577. The van der Waals surface area contributed by atoms with Gasteiger partial charge in [0, 0.05) is 6.42 Å². The fourth-order valence-electron chi connectivity index (χ4n) is 2.90. The van der Waals surface area contributed by atoms with Gasteiger partial charge in [0.05, 0.1) is 13.0 Å². The fourth-order valence-corrected chi connectivity index (χ4v) is 2.90. The largest absolute Gasteiger partial charge is 0.463 e. The summed E-state index contributed by atoms with van der Waals surface area (Å²) < 4.78 is 20.6. The molecule has 2 aliphatic heterocycles. The van der Waals surface area contributed by atoms with Gasteiger partial charge in [-0.05, 0) is 0 Å². The van der Waals surface area contributed by atoms with Gasteiger partial charge in [0.25, 0.3) is 0 Å². The highest BCUT2D eigenvalue weighted by Crippen LogP contribution is 2.28. The topological polar surface area (TPSA) is 196 Å². The fraction of sp³-hybridized carbons (Fsp3) is 0.824. The number of ether oxygens (including phenoxy) is 4. The molecule has 0 aromatic heterocycles. The summed E-state index contributed by atoms with van der Waals surface area (Å²) >= 11 is 0. The molecule has 0 spiro atoms. The standard InChI is InChI=1S/C17H26O12/c1-2-3-4-9(19)26-6-8-11(21)13(23)15(25)17(28-8)29-16-14(24)12(22)10(20)7(5-18)27-16/h1,7-8,10-18,20-25H,3-6H2.